The Bertz CT molecular complexity index is 705. The van der Waals surface area contributed by atoms with Gasteiger partial charge in [-0.1, -0.05) is 6.07 Å². The highest BCUT2D eigenvalue weighted by molar-refractivity contribution is 7.17. The first kappa shape index (κ1) is 12.8. The molecule has 0 saturated heterocycles. The lowest BCUT2D eigenvalue weighted by Crippen LogP contribution is -2.24. The fourth-order valence-electron chi connectivity index (χ4n) is 1.98. The molecule has 0 bridgehead atoms. The number of aromatic nitrogens is 3. The first-order chi connectivity index (χ1) is 9.81. The van der Waals surface area contributed by atoms with Crippen molar-refractivity contribution in [1.82, 2.24) is 20.1 Å². The van der Waals surface area contributed by atoms with Crippen molar-refractivity contribution in [3.05, 3.63) is 47.9 Å². The molecule has 0 atom stereocenters. The van der Waals surface area contributed by atoms with Gasteiger partial charge in [-0.05, 0) is 34.5 Å². The van der Waals surface area contributed by atoms with E-state index in [2.05, 4.69) is 45.0 Å². The van der Waals surface area contributed by atoms with Gasteiger partial charge in [-0.2, -0.15) is 5.10 Å². The van der Waals surface area contributed by atoms with Crippen LogP contribution in [0.3, 0.4) is 0 Å². The lowest BCUT2D eigenvalue weighted by molar-refractivity contribution is -0.121. The van der Waals surface area contributed by atoms with Crippen LogP contribution in [0, 0.1) is 0 Å². The molecule has 20 heavy (non-hydrogen) atoms. The number of rotatable bonds is 5. The molecule has 1 N–H and O–H groups in total. The molecule has 1 amide bonds. The Kier molecular flexibility index (Phi) is 3.73. The molecule has 2 aromatic heterocycles. The summed E-state index contributed by atoms with van der Waals surface area (Å²) in [6, 6.07) is 8.35. The van der Waals surface area contributed by atoms with E-state index >= 15 is 0 Å². The predicted molar refractivity (Wildman–Crippen MR) is 78.3 cm³/mol. The molecule has 2 heterocycles. The van der Waals surface area contributed by atoms with Crippen LogP contribution in [-0.4, -0.2) is 20.7 Å². The highest BCUT2D eigenvalue weighted by atomic mass is 32.1. The van der Waals surface area contributed by atoms with Crippen molar-refractivity contribution in [3.8, 4) is 0 Å². The molecular formula is C14H14N4OS. The van der Waals surface area contributed by atoms with E-state index in [0.717, 1.165) is 5.56 Å². The molecule has 3 aromatic rings. The minimum atomic E-state index is 0.0194. The highest BCUT2D eigenvalue weighted by Crippen LogP contribution is 2.21. The van der Waals surface area contributed by atoms with Crippen molar-refractivity contribution < 1.29 is 4.79 Å². The summed E-state index contributed by atoms with van der Waals surface area (Å²) in [6.07, 6.45) is 3.48. The maximum atomic E-state index is 11.8. The van der Waals surface area contributed by atoms with Crippen molar-refractivity contribution in [3.63, 3.8) is 0 Å². The van der Waals surface area contributed by atoms with Gasteiger partial charge in [-0.25, -0.2) is 4.98 Å². The Morgan fingerprint density at radius 1 is 1.35 bits per heavy atom. The Labute approximate surface area is 120 Å². The van der Waals surface area contributed by atoms with Gasteiger partial charge >= 0.3 is 0 Å². The summed E-state index contributed by atoms with van der Waals surface area (Å²) in [6.45, 7) is 1.11. The molecular weight excluding hydrogens is 272 g/mol. The molecule has 0 aliphatic rings. The molecule has 0 fully saturated rings. The van der Waals surface area contributed by atoms with E-state index in [1.165, 1.54) is 16.4 Å². The minimum Gasteiger partial charge on any atom is -0.352 e. The third-order valence-corrected chi connectivity index (χ3v) is 3.94. The van der Waals surface area contributed by atoms with Crippen LogP contribution in [0.4, 0.5) is 0 Å². The van der Waals surface area contributed by atoms with Crippen molar-refractivity contribution >= 4 is 27.3 Å². The van der Waals surface area contributed by atoms with E-state index in [9.17, 15) is 4.79 Å². The fourth-order valence-corrected chi connectivity index (χ4v) is 2.75. The van der Waals surface area contributed by atoms with Gasteiger partial charge < -0.3 is 5.32 Å². The second-order valence-corrected chi connectivity index (χ2v) is 5.43. The maximum absolute atomic E-state index is 11.8. The van der Waals surface area contributed by atoms with Crippen LogP contribution in [0.15, 0.2) is 42.3 Å². The second kappa shape index (κ2) is 5.83. The van der Waals surface area contributed by atoms with E-state index in [0.29, 0.717) is 19.5 Å². The van der Waals surface area contributed by atoms with Gasteiger partial charge in [0, 0.05) is 17.7 Å². The van der Waals surface area contributed by atoms with Crippen molar-refractivity contribution in [2.24, 2.45) is 0 Å². The molecule has 0 aliphatic carbocycles. The van der Waals surface area contributed by atoms with E-state index in [-0.39, 0.29) is 5.91 Å². The summed E-state index contributed by atoms with van der Waals surface area (Å²) in [4.78, 5) is 15.6. The van der Waals surface area contributed by atoms with Gasteiger partial charge in [0.25, 0.3) is 0 Å². The van der Waals surface area contributed by atoms with Crippen LogP contribution in [-0.2, 0) is 17.9 Å². The van der Waals surface area contributed by atoms with Crippen LogP contribution in [0.5, 0.6) is 0 Å². The molecule has 1 aromatic carbocycles. The van der Waals surface area contributed by atoms with Gasteiger partial charge in [0.15, 0.2) is 0 Å². The molecule has 5 nitrogen and oxygen atoms in total. The largest absolute Gasteiger partial charge is 0.352 e. The van der Waals surface area contributed by atoms with Gasteiger partial charge in [0.05, 0.1) is 6.54 Å². The summed E-state index contributed by atoms with van der Waals surface area (Å²) in [5, 5.41) is 10.2. The number of nitrogens with zero attached hydrogens (tertiary/aromatic N) is 3. The Hall–Kier alpha value is -2.21. The highest BCUT2D eigenvalue weighted by Gasteiger charge is 2.03. The standard InChI is InChI=1S/C14H14N4OS/c19-14(3-5-18-10-15-9-17-18)16-8-11-1-2-13-12(7-11)4-6-20-13/h1-2,4,6-7,9-10H,3,5,8H2,(H,16,19). The summed E-state index contributed by atoms with van der Waals surface area (Å²) in [5.41, 5.74) is 1.12. The quantitative estimate of drug-likeness (QED) is 0.782. The van der Waals surface area contributed by atoms with Crippen molar-refractivity contribution in [2.75, 3.05) is 0 Å². The number of nitrogens with one attached hydrogen (secondary N) is 1. The van der Waals surface area contributed by atoms with Crippen LogP contribution in [0.25, 0.3) is 10.1 Å². The van der Waals surface area contributed by atoms with Crippen LogP contribution >= 0.6 is 11.3 Å². The first-order valence-corrected chi connectivity index (χ1v) is 7.24. The van der Waals surface area contributed by atoms with Crippen LogP contribution < -0.4 is 5.32 Å². The lowest BCUT2D eigenvalue weighted by atomic mass is 10.1. The third-order valence-electron chi connectivity index (χ3n) is 3.04. The first-order valence-electron chi connectivity index (χ1n) is 6.36. The zero-order chi connectivity index (χ0) is 13.8. The number of benzene rings is 1. The van der Waals surface area contributed by atoms with E-state index < -0.39 is 0 Å². The van der Waals surface area contributed by atoms with Gasteiger partial charge in [-0.3, -0.25) is 9.48 Å². The predicted octanol–water partition coefficient (Wildman–Crippen LogP) is 2.20. The van der Waals surface area contributed by atoms with Crippen LogP contribution in [0.1, 0.15) is 12.0 Å². The number of carbonyl (C=O) groups is 1. The molecule has 6 heteroatoms. The molecule has 102 valence electrons. The lowest BCUT2D eigenvalue weighted by Gasteiger charge is -2.05. The number of carbonyl (C=O) groups excluding carboxylic acids is 1. The minimum absolute atomic E-state index is 0.0194. The van der Waals surface area contributed by atoms with E-state index in [1.54, 1.807) is 22.3 Å². The van der Waals surface area contributed by atoms with Crippen molar-refractivity contribution in [2.45, 2.75) is 19.5 Å². The molecule has 3 rings (SSSR count). The zero-order valence-corrected chi connectivity index (χ0v) is 11.6. The molecule has 0 radical (unpaired) electrons. The normalized spacial score (nSPS) is 10.8. The topological polar surface area (TPSA) is 59.8 Å². The average molecular weight is 286 g/mol. The second-order valence-electron chi connectivity index (χ2n) is 4.48. The number of fused-ring (bicyclic) bond motifs is 1. The summed E-state index contributed by atoms with van der Waals surface area (Å²) >= 11 is 1.72. The summed E-state index contributed by atoms with van der Waals surface area (Å²) in [5.74, 6) is 0.0194. The Morgan fingerprint density at radius 3 is 3.15 bits per heavy atom. The van der Waals surface area contributed by atoms with Gasteiger partial charge in [-0.15, -0.1) is 11.3 Å². The fraction of sp³-hybridized carbons (Fsp3) is 0.214. The number of hydrogen-bond donors (Lipinski definition) is 1. The SMILES string of the molecule is O=C(CCn1cncn1)NCc1ccc2sccc2c1. The molecule has 0 aliphatic heterocycles. The van der Waals surface area contributed by atoms with E-state index in [1.807, 2.05) is 0 Å². The number of amides is 1. The maximum Gasteiger partial charge on any atom is 0.222 e. The smallest absolute Gasteiger partial charge is 0.222 e. The number of thiophene rings is 1. The number of hydrogen-bond acceptors (Lipinski definition) is 4. The molecule has 0 unspecified atom stereocenters. The Balaban J connectivity index is 1.51. The Morgan fingerprint density at radius 2 is 2.30 bits per heavy atom. The van der Waals surface area contributed by atoms with Crippen LogP contribution in [0.2, 0.25) is 0 Å². The van der Waals surface area contributed by atoms with Crippen molar-refractivity contribution in [1.29, 1.82) is 0 Å². The van der Waals surface area contributed by atoms with Gasteiger partial charge in [0.2, 0.25) is 5.91 Å². The molecule has 0 spiro atoms. The third kappa shape index (κ3) is 3.03. The summed E-state index contributed by atoms with van der Waals surface area (Å²) in [7, 11) is 0. The zero-order valence-electron chi connectivity index (χ0n) is 10.8. The average Bonchev–Trinajstić information content (AvgIpc) is 3.13. The summed E-state index contributed by atoms with van der Waals surface area (Å²) < 4.78 is 2.92. The monoisotopic (exact) mass is 286 g/mol. The number of aryl methyl sites for hydroxylation is 1. The van der Waals surface area contributed by atoms with E-state index in [4.69, 9.17) is 0 Å². The molecule has 0 saturated carbocycles. The van der Waals surface area contributed by atoms with Gasteiger partial charge in [0.1, 0.15) is 12.7 Å².